The molecule has 0 radical (unpaired) electrons. The largest absolute Gasteiger partial charge is 0.489 e. The topological polar surface area (TPSA) is 48.1 Å². The summed E-state index contributed by atoms with van der Waals surface area (Å²) in [4.78, 5) is 4.12. The van der Waals surface area contributed by atoms with Gasteiger partial charge in [-0.1, -0.05) is 24.6 Å². The fraction of sp³-hybridized carbons (Fsp3) is 0.375. The van der Waals surface area contributed by atoms with E-state index in [2.05, 4.69) is 4.98 Å². The van der Waals surface area contributed by atoms with Crippen molar-refractivity contribution in [3.63, 3.8) is 0 Å². The third-order valence-corrected chi connectivity index (χ3v) is 6.75. The van der Waals surface area contributed by atoms with E-state index in [-0.39, 0.29) is 17.6 Å². The summed E-state index contributed by atoms with van der Waals surface area (Å²) in [5.74, 6) is -1.01. The predicted octanol–water partition coefficient (Wildman–Crippen LogP) is 6.16. The highest BCUT2D eigenvalue weighted by molar-refractivity contribution is 6.32. The maximum atomic E-state index is 13.9. The average Bonchev–Trinajstić information content (AvgIpc) is 2.76. The molecule has 2 aromatic carbocycles. The number of fused-ring (bicyclic) bond motifs is 1. The summed E-state index contributed by atoms with van der Waals surface area (Å²) in [7, 11) is 0. The van der Waals surface area contributed by atoms with Crippen molar-refractivity contribution in [3.05, 3.63) is 71.0 Å². The number of nitrogens with two attached hydrogens (primary N) is 1. The number of hydrogen-bond acceptors (Lipinski definition) is 3. The summed E-state index contributed by atoms with van der Waals surface area (Å²) >= 11 is 6.43. The smallest absolute Gasteiger partial charge is 0.159 e. The van der Waals surface area contributed by atoms with Crippen molar-refractivity contribution in [3.8, 4) is 5.75 Å². The molecule has 3 nitrogen and oxygen atoms in total. The van der Waals surface area contributed by atoms with Gasteiger partial charge >= 0.3 is 0 Å². The van der Waals surface area contributed by atoms with E-state index in [1.165, 1.54) is 12.1 Å². The zero-order valence-electron chi connectivity index (χ0n) is 16.9. The Morgan fingerprint density at radius 2 is 1.90 bits per heavy atom. The molecule has 3 aromatic rings. The van der Waals surface area contributed by atoms with Crippen LogP contribution in [0.1, 0.15) is 44.6 Å². The minimum atomic E-state index is -0.836. The quantitative estimate of drug-likeness (QED) is 0.527. The van der Waals surface area contributed by atoms with Gasteiger partial charge in [0.05, 0.1) is 11.1 Å². The van der Waals surface area contributed by atoms with Gasteiger partial charge in [0.2, 0.25) is 0 Å². The summed E-state index contributed by atoms with van der Waals surface area (Å²) in [5.41, 5.74) is 6.89. The molecule has 1 unspecified atom stereocenters. The number of pyridine rings is 1. The number of ether oxygens (including phenoxy) is 1. The van der Waals surface area contributed by atoms with Crippen LogP contribution in [0.15, 0.2) is 48.8 Å². The van der Waals surface area contributed by atoms with E-state index in [4.69, 9.17) is 22.1 Å². The molecule has 1 atom stereocenters. The Labute approximate surface area is 180 Å². The van der Waals surface area contributed by atoms with Crippen molar-refractivity contribution in [1.29, 1.82) is 0 Å². The van der Waals surface area contributed by atoms with E-state index in [1.807, 2.05) is 25.1 Å². The fourth-order valence-corrected chi connectivity index (χ4v) is 4.87. The van der Waals surface area contributed by atoms with Crippen LogP contribution in [-0.4, -0.2) is 17.1 Å². The lowest BCUT2D eigenvalue weighted by Gasteiger charge is -2.44. The van der Waals surface area contributed by atoms with Crippen LogP contribution < -0.4 is 10.5 Å². The molecular formula is C24H25ClF2N2O. The molecule has 1 aliphatic rings. The molecule has 0 saturated heterocycles. The first-order chi connectivity index (χ1) is 14.4. The van der Waals surface area contributed by atoms with E-state index in [0.717, 1.165) is 48.4 Å². The van der Waals surface area contributed by atoms with Crippen LogP contribution in [0.4, 0.5) is 8.78 Å². The van der Waals surface area contributed by atoms with Crippen molar-refractivity contribution in [2.75, 3.05) is 0 Å². The Morgan fingerprint density at radius 1 is 1.13 bits per heavy atom. The number of aromatic nitrogens is 1. The highest BCUT2D eigenvalue weighted by atomic mass is 35.5. The van der Waals surface area contributed by atoms with Gasteiger partial charge in [0, 0.05) is 29.2 Å². The van der Waals surface area contributed by atoms with Crippen molar-refractivity contribution >= 4 is 22.4 Å². The fourth-order valence-electron chi connectivity index (χ4n) is 4.65. The molecule has 30 heavy (non-hydrogen) atoms. The molecule has 0 bridgehead atoms. The molecule has 1 fully saturated rings. The van der Waals surface area contributed by atoms with E-state index in [9.17, 15) is 8.78 Å². The summed E-state index contributed by atoms with van der Waals surface area (Å²) in [6, 6.07) is 9.76. The number of benzene rings is 2. The Hall–Kier alpha value is -2.24. The third-order valence-electron chi connectivity index (χ3n) is 6.45. The minimum absolute atomic E-state index is 0.00994. The summed E-state index contributed by atoms with van der Waals surface area (Å²) in [6.07, 6.45) is 7.27. The zero-order chi connectivity index (χ0) is 21.3. The summed E-state index contributed by atoms with van der Waals surface area (Å²) in [6.45, 7) is 2.03. The summed E-state index contributed by atoms with van der Waals surface area (Å²) in [5, 5.41) is 2.53. The number of hydrogen-bond donors (Lipinski definition) is 1. The Bertz CT molecular complexity index is 1050. The molecule has 0 spiro atoms. The molecule has 158 valence electrons. The molecule has 2 N–H and O–H groups in total. The lowest BCUT2D eigenvalue weighted by atomic mass is 9.64. The van der Waals surface area contributed by atoms with Gasteiger partial charge in [-0.15, -0.1) is 0 Å². The van der Waals surface area contributed by atoms with Gasteiger partial charge in [0.1, 0.15) is 5.75 Å². The number of nitrogens with zero attached hydrogens (tertiary/aromatic N) is 1. The second kappa shape index (κ2) is 8.48. The van der Waals surface area contributed by atoms with Gasteiger partial charge in [-0.05, 0) is 73.4 Å². The Balaban J connectivity index is 1.55. The molecule has 6 heteroatoms. The molecule has 1 heterocycles. The van der Waals surface area contributed by atoms with Crippen molar-refractivity contribution in [2.45, 2.75) is 56.6 Å². The molecule has 1 saturated carbocycles. The van der Waals surface area contributed by atoms with Gasteiger partial charge in [-0.3, -0.25) is 4.98 Å². The van der Waals surface area contributed by atoms with Gasteiger partial charge in [-0.25, -0.2) is 8.78 Å². The monoisotopic (exact) mass is 430 g/mol. The van der Waals surface area contributed by atoms with E-state index >= 15 is 0 Å². The van der Waals surface area contributed by atoms with Crippen LogP contribution in [0.5, 0.6) is 5.75 Å². The number of halogens is 3. The van der Waals surface area contributed by atoms with Gasteiger partial charge in [0.15, 0.2) is 11.6 Å². The zero-order valence-corrected chi connectivity index (χ0v) is 17.6. The number of rotatable bonds is 5. The lowest BCUT2D eigenvalue weighted by Crippen LogP contribution is -2.49. The standard InChI is InChI=1S/C24H25ClF2N2O/c1-2-23(28)24(17-3-4-20(26)21(27)13-17)8-5-18(6-9-24)30-22-12-15-7-10-29-14-16(15)11-19(22)25/h3-4,7,10-14,18,23H,2,5-6,8-9,28H2,1H3. The minimum Gasteiger partial charge on any atom is -0.489 e. The second-order valence-corrected chi connectivity index (χ2v) is 8.53. The van der Waals surface area contributed by atoms with Crippen LogP contribution in [0.2, 0.25) is 5.02 Å². The van der Waals surface area contributed by atoms with Gasteiger partial charge in [-0.2, -0.15) is 0 Å². The first kappa shape index (κ1) is 21.0. The van der Waals surface area contributed by atoms with E-state index in [0.29, 0.717) is 10.8 Å². The van der Waals surface area contributed by atoms with Crippen molar-refractivity contribution in [1.82, 2.24) is 4.98 Å². The normalized spacial score (nSPS) is 22.8. The maximum absolute atomic E-state index is 13.9. The molecule has 1 aromatic heterocycles. The van der Waals surface area contributed by atoms with Crippen LogP contribution in [0.3, 0.4) is 0 Å². The first-order valence-electron chi connectivity index (χ1n) is 10.3. The van der Waals surface area contributed by atoms with Crippen LogP contribution in [0.25, 0.3) is 10.8 Å². The van der Waals surface area contributed by atoms with Crippen LogP contribution >= 0.6 is 11.6 Å². The van der Waals surface area contributed by atoms with Crippen molar-refractivity contribution in [2.24, 2.45) is 5.73 Å². The first-order valence-corrected chi connectivity index (χ1v) is 10.7. The molecular weight excluding hydrogens is 406 g/mol. The van der Waals surface area contributed by atoms with Crippen LogP contribution in [-0.2, 0) is 5.41 Å². The molecule has 1 aliphatic carbocycles. The van der Waals surface area contributed by atoms with Gasteiger partial charge < -0.3 is 10.5 Å². The lowest BCUT2D eigenvalue weighted by molar-refractivity contribution is 0.103. The van der Waals surface area contributed by atoms with E-state index in [1.54, 1.807) is 18.5 Å². The highest BCUT2D eigenvalue weighted by Crippen LogP contribution is 2.44. The maximum Gasteiger partial charge on any atom is 0.159 e. The Morgan fingerprint density at radius 3 is 2.60 bits per heavy atom. The highest BCUT2D eigenvalue weighted by Gasteiger charge is 2.42. The Kier molecular flexibility index (Phi) is 5.94. The van der Waals surface area contributed by atoms with Gasteiger partial charge in [0.25, 0.3) is 0 Å². The third kappa shape index (κ3) is 3.88. The van der Waals surface area contributed by atoms with E-state index < -0.39 is 11.6 Å². The molecule has 0 amide bonds. The average molecular weight is 431 g/mol. The van der Waals surface area contributed by atoms with Crippen molar-refractivity contribution < 1.29 is 13.5 Å². The summed E-state index contributed by atoms with van der Waals surface area (Å²) < 4.78 is 33.7. The predicted molar refractivity (Wildman–Crippen MR) is 116 cm³/mol. The molecule has 4 rings (SSSR count). The SMILES string of the molecule is CCC(N)C1(c2ccc(F)c(F)c2)CCC(Oc2cc3ccncc3cc2Cl)CC1. The molecule has 0 aliphatic heterocycles. The van der Waals surface area contributed by atoms with Crippen LogP contribution in [0, 0.1) is 11.6 Å². The second-order valence-electron chi connectivity index (χ2n) is 8.12.